The molecule has 2 aromatic carbocycles. The molecule has 1 unspecified atom stereocenters. The lowest BCUT2D eigenvalue weighted by molar-refractivity contribution is 0.0814. The van der Waals surface area contributed by atoms with E-state index >= 15 is 0 Å². The fraction of sp³-hybridized carbons (Fsp3) is 0.417. The SMILES string of the molecule is C/C(COS(=O)(=O)c1ccc(C)cc1)=C1/CCC1(C)CCOCc1ccccc1. The molecule has 4 nitrogen and oxygen atoms in total. The zero-order valence-electron chi connectivity index (χ0n) is 17.5. The zero-order chi connectivity index (χ0) is 20.9. The Kier molecular flexibility index (Phi) is 6.93. The predicted molar refractivity (Wildman–Crippen MR) is 115 cm³/mol. The molecule has 1 aliphatic rings. The van der Waals surface area contributed by atoms with Crippen LogP contribution in [0.5, 0.6) is 0 Å². The Morgan fingerprint density at radius 3 is 2.38 bits per heavy atom. The third-order valence-electron chi connectivity index (χ3n) is 5.82. The fourth-order valence-electron chi connectivity index (χ4n) is 3.77. The third-order valence-corrected chi connectivity index (χ3v) is 7.10. The molecule has 0 bridgehead atoms. The van der Waals surface area contributed by atoms with Gasteiger partial charge in [0.25, 0.3) is 10.1 Å². The number of benzene rings is 2. The number of allylic oxidation sites excluding steroid dienone is 1. The van der Waals surface area contributed by atoms with Crippen molar-refractivity contribution < 1.29 is 17.3 Å². The van der Waals surface area contributed by atoms with E-state index in [1.54, 1.807) is 24.3 Å². The van der Waals surface area contributed by atoms with Crippen LogP contribution in [-0.4, -0.2) is 21.6 Å². The van der Waals surface area contributed by atoms with Gasteiger partial charge >= 0.3 is 0 Å². The van der Waals surface area contributed by atoms with Gasteiger partial charge in [-0.1, -0.05) is 60.5 Å². The maximum atomic E-state index is 12.4. The topological polar surface area (TPSA) is 52.6 Å². The molecule has 0 N–H and O–H groups in total. The van der Waals surface area contributed by atoms with Crippen molar-refractivity contribution >= 4 is 10.1 Å². The van der Waals surface area contributed by atoms with Crippen LogP contribution in [-0.2, 0) is 25.6 Å². The Morgan fingerprint density at radius 2 is 1.76 bits per heavy atom. The molecule has 1 aliphatic carbocycles. The van der Waals surface area contributed by atoms with Crippen LogP contribution in [0.4, 0.5) is 0 Å². The molecule has 29 heavy (non-hydrogen) atoms. The fourth-order valence-corrected chi connectivity index (χ4v) is 4.71. The van der Waals surface area contributed by atoms with Crippen LogP contribution in [0.15, 0.2) is 70.6 Å². The molecule has 0 aliphatic heterocycles. The second-order valence-corrected chi connectivity index (χ2v) is 9.75. The van der Waals surface area contributed by atoms with Crippen LogP contribution in [0.1, 0.15) is 44.2 Å². The van der Waals surface area contributed by atoms with Gasteiger partial charge in [0, 0.05) is 6.61 Å². The molecule has 0 saturated heterocycles. The number of ether oxygens (including phenoxy) is 1. The first kappa shape index (κ1) is 21.8. The van der Waals surface area contributed by atoms with Gasteiger partial charge in [0.15, 0.2) is 0 Å². The normalized spacial score (nSPS) is 20.9. The zero-order valence-corrected chi connectivity index (χ0v) is 18.3. The Morgan fingerprint density at radius 1 is 1.07 bits per heavy atom. The summed E-state index contributed by atoms with van der Waals surface area (Å²) in [6.45, 7) is 7.54. The van der Waals surface area contributed by atoms with Crippen LogP contribution in [0, 0.1) is 12.3 Å². The minimum atomic E-state index is -3.74. The molecule has 0 aromatic heterocycles. The first-order valence-corrected chi connectivity index (χ1v) is 11.5. The summed E-state index contributed by atoms with van der Waals surface area (Å²) in [6.07, 6.45) is 3.02. The summed E-state index contributed by atoms with van der Waals surface area (Å²) in [6, 6.07) is 16.9. The van der Waals surface area contributed by atoms with Crippen LogP contribution in [0.25, 0.3) is 0 Å². The van der Waals surface area contributed by atoms with E-state index in [0.29, 0.717) is 13.2 Å². The minimum absolute atomic E-state index is 0.0672. The number of rotatable bonds is 9. The summed E-state index contributed by atoms with van der Waals surface area (Å²) in [5, 5.41) is 0. The summed E-state index contributed by atoms with van der Waals surface area (Å²) >= 11 is 0. The van der Waals surface area contributed by atoms with Gasteiger partial charge in [-0.05, 0) is 61.8 Å². The average molecular weight is 415 g/mol. The van der Waals surface area contributed by atoms with Crippen molar-refractivity contribution in [3.8, 4) is 0 Å². The highest BCUT2D eigenvalue weighted by Crippen LogP contribution is 2.50. The molecular weight excluding hydrogens is 384 g/mol. The van der Waals surface area contributed by atoms with E-state index in [9.17, 15) is 8.42 Å². The molecule has 0 radical (unpaired) electrons. The van der Waals surface area contributed by atoms with Gasteiger partial charge < -0.3 is 4.74 Å². The monoisotopic (exact) mass is 414 g/mol. The lowest BCUT2D eigenvalue weighted by Crippen LogP contribution is -2.32. The van der Waals surface area contributed by atoms with Crippen molar-refractivity contribution in [2.45, 2.75) is 51.5 Å². The van der Waals surface area contributed by atoms with Crippen molar-refractivity contribution in [3.05, 3.63) is 76.9 Å². The summed E-state index contributed by atoms with van der Waals surface area (Å²) in [5.41, 5.74) is 4.57. The summed E-state index contributed by atoms with van der Waals surface area (Å²) < 4.78 is 36.0. The standard InChI is InChI=1S/C24H30O4S/c1-19-9-11-22(12-10-19)29(25,26)28-17-20(2)23-13-14-24(23,3)15-16-27-18-21-7-5-4-6-8-21/h4-12H,13-18H2,1-3H3/b23-20+. The van der Waals surface area contributed by atoms with E-state index in [-0.39, 0.29) is 16.9 Å². The maximum Gasteiger partial charge on any atom is 0.297 e. The summed E-state index contributed by atoms with van der Waals surface area (Å²) in [7, 11) is -3.74. The van der Waals surface area contributed by atoms with Gasteiger partial charge in [-0.3, -0.25) is 4.18 Å². The molecule has 156 valence electrons. The number of hydrogen-bond donors (Lipinski definition) is 0. The maximum absolute atomic E-state index is 12.4. The van der Waals surface area contributed by atoms with Gasteiger partial charge in [-0.15, -0.1) is 0 Å². The first-order chi connectivity index (χ1) is 13.8. The lowest BCUT2D eigenvalue weighted by Gasteiger charge is -2.43. The Hall–Kier alpha value is -1.95. The van der Waals surface area contributed by atoms with Crippen molar-refractivity contribution in [2.24, 2.45) is 5.41 Å². The van der Waals surface area contributed by atoms with Crippen molar-refractivity contribution in [2.75, 3.05) is 13.2 Å². The number of aryl methyl sites for hydroxylation is 1. The van der Waals surface area contributed by atoms with E-state index in [1.165, 1.54) is 11.1 Å². The largest absolute Gasteiger partial charge is 0.377 e. The molecule has 0 spiro atoms. The minimum Gasteiger partial charge on any atom is -0.377 e. The van der Waals surface area contributed by atoms with Crippen LogP contribution >= 0.6 is 0 Å². The molecule has 0 amide bonds. The van der Waals surface area contributed by atoms with Crippen molar-refractivity contribution in [3.63, 3.8) is 0 Å². The van der Waals surface area contributed by atoms with Gasteiger partial charge in [0.05, 0.1) is 18.1 Å². The number of hydrogen-bond acceptors (Lipinski definition) is 4. The van der Waals surface area contributed by atoms with Gasteiger partial charge in [-0.2, -0.15) is 8.42 Å². The Balaban J connectivity index is 1.53. The van der Waals surface area contributed by atoms with Gasteiger partial charge in [0.1, 0.15) is 0 Å². The molecule has 5 heteroatoms. The molecule has 1 atom stereocenters. The first-order valence-electron chi connectivity index (χ1n) is 10.1. The van der Waals surface area contributed by atoms with Crippen LogP contribution in [0.2, 0.25) is 0 Å². The predicted octanol–water partition coefficient (Wildman–Crippen LogP) is 5.42. The molecule has 1 saturated carbocycles. The molecule has 1 fully saturated rings. The summed E-state index contributed by atoms with van der Waals surface area (Å²) in [5.74, 6) is 0. The highest BCUT2D eigenvalue weighted by atomic mass is 32.2. The quantitative estimate of drug-likeness (QED) is 0.312. The van der Waals surface area contributed by atoms with E-state index in [4.69, 9.17) is 8.92 Å². The second-order valence-electron chi connectivity index (χ2n) is 8.14. The smallest absolute Gasteiger partial charge is 0.297 e. The third kappa shape index (κ3) is 5.56. The van der Waals surface area contributed by atoms with E-state index < -0.39 is 10.1 Å². The Bertz CT molecular complexity index is 946. The summed E-state index contributed by atoms with van der Waals surface area (Å²) in [4.78, 5) is 0.201. The highest BCUT2D eigenvalue weighted by Gasteiger charge is 2.38. The van der Waals surface area contributed by atoms with Gasteiger partial charge in [-0.25, -0.2) is 0 Å². The Labute approximate surface area is 174 Å². The lowest BCUT2D eigenvalue weighted by atomic mass is 9.62. The van der Waals surface area contributed by atoms with Crippen LogP contribution < -0.4 is 0 Å². The molecule has 0 heterocycles. The second kappa shape index (κ2) is 9.24. The van der Waals surface area contributed by atoms with E-state index in [1.807, 2.05) is 32.0 Å². The van der Waals surface area contributed by atoms with Crippen molar-refractivity contribution in [1.29, 1.82) is 0 Å². The average Bonchev–Trinajstić information content (AvgIpc) is 2.70. The molecule has 3 rings (SSSR count). The highest BCUT2D eigenvalue weighted by molar-refractivity contribution is 7.86. The van der Waals surface area contributed by atoms with Crippen LogP contribution in [0.3, 0.4) is 0 Å². The van der Waals surface area contributed by atoms with E-state index in [2.05, 4.69) is 19.1 Å². The molecular formula is C24H30O4S. The molecule has 2 aromatic rings. The van der Waals surface area contributed by atoms with E-state index in [0.717, 1.165) is 30.4 Å². The van der Waals surface area contributed by atoms with Gasteiger partial charge in [0.2, 0.25) is 0 Å². The van der Waals surface area contributed by atoms with Crippen molar-refractivity contribution in [1.82, 2.24) is 0 Å².